The molecule has 2 aromatic rings. The van der Waals surface area contributed by atoms with Gasteiger partial charge in [0.25, 0.3) is 5.91 Å². The number of benzene rings is 1. The van der Waals surface area contributed by atoms with Gasteiger partial charge in [0.05, 0.1) is 17.8 Å². The van der Waals surface area contributed by atoms with Crippen molar-refractivity contribution in [2.24, 2.45) is 11.7 Å². The molecule has 2 amide bonds. The van der Waals surface area contributed by atoms with E-state index in [0.29, 0.717) is 23.0 Å². The first-order valence-corrected chi connectivity index (χ1v) is 9.49. The number of nitrogens with two attached hydrogens (primary N) is 1. The van der Waals surface area contributed by atoms with E-state index in [1.54, 1.807) is 30.5 Å². The molecule has 0 saturated carbocycles. The molecule has 28 heavy (non-hydrogen) atoms. The van der Waals surface area contributed by atoms with Crippen LogP contribution in [0.25, 0.3) is 0 Å². The predicted molar refractivity (Wildman–Crippen MR) is 109 cm³/mol. The van der Waals surface area contributed by atoms with Crippen LogP contribution in [0.1, 0.15) is 18.4 Å². The molecule has 1 fully saturated rings. The Kier molecular flexibility index (Phi) is 6.36. The van der Waals surface area contributed by atoms with Gasteiger partial charge in [-0.2, -0.15) is 0 Å². The molecule has 8 heteroatoms. The van der Waals surface area contributed by atoms with Crippen molar-refractivity contribution in [2.75, 3.05) is 29.9 Å². The van der Waals surface area contributed by atoms with Crippen molar-refractivity contribution in [1.82, 2.24) is 4.98 Å². The zero-order valence-electron chi connectivity index (χ0n) is 15.7. The van der Waals surface area contributed by atoms with Crippen LogP contribution >= 0.6 is 11.6 Å². The van der Waals surface area contributed by atoms with Crippen LogP contribution in [0.5, 0.6) is 5.75 Å². The second-order valence-corrected chi connectivity index (χ2v) is 7.25. The average molecular weight is 403 g/mol. The van der Waals surface area contributed by atoms with Gasteiger partial charge in [-0.05, 0) is 55.7 Å². The van der Waals surface area contributed by atoms with E-state index >= 15 is 0 Å². The van der Waals surface area contributed by atoms with Crippen LogP contribution in [0.3, 0.4) is 0 Å². The highest BCUT2D eigenvalue weighted by Crippen LogP contribution is 2.23. The van der Waals surface area contributed by atoms with Crippen molar-refractivity contribution < 1.29 is 14.3 Å². The lowest BCUT2D eigenvalue weighted by molar-refractivity contribution is -0.122. The predicted octanol–water partition coefficient (Wildman–Crippen LogP) is 2.76. The first-order chi connectivity index (χ1) is 13.4. The van der Waals surface area contributed by atoms with Crippen LogP contribution in [0.4, 0.5) is 11.5 Å². The van der Waals surface area contributed by atoms with Gasteiger partial charge < -0.3 is 20.7 Å². The number of amides is 2. The number of anilines is 2. The SMILES string of the molecule is Cc1cc(OCC(=O)Nc2ccc(N3CCCC(C(N)=O)C3)nc2)ccc1Cl. The first kappa shape index (κ1) is 19.9. The van der Waals surface area contributed by atoms with Gasteiger partial charge >= 0.3 is 0 Å². The first-order valence-electron chi connectivity index (χ1n) is 9.11. The van der Waals surface area contributed by atoms with E-state index in [1.807, 2.05) is 17.9 Å². The van der Waals surface area contributed by atoms with Crippen molar-refractivity contribution in [3.05, 3.63) is 47.1 Å². The number of carbonyl (C=O) groups is 2. The van der Waals surface area contributed by atoms with Crippen LogP contribution in [0.2, 0.25) is 5.02 Å². The zero-order chi connectivity index (χ0) is 20.1. The smallest absolute Gasteiger partial charge is 0.262 e. The fourth-order valence-corrected chi connectivity index (χ4v) is 3.23. The molecule has 3 N–H and O–H groups in total. The molecule has 1 aromatic heterocycles. The summed E-state index contributed by atoms with van der Waals surface area (Å²) >= 11 is 5.97. The normalized spacial score (nSPS) is 16.5. The van der Waals surface area contributed by atoms with Crippen LogP contribution in [0, 0.1) is 12.8 Å². The van der Waals surface area contributed by atoms with Crippen molar-refractivity contribution in [3.8, 4) is 5.75 Å². The molecule has 3 rings (SSSR count). The third-order valence-electron chi connectivity index (χ3n) is 4.68. The molecule has 148 valence electrons. The molecular formula is C20H23ClN4O3. The molecule has 1 saturated heterocycles. The summed E-state index contributed by atoms with van der Waals surface area (Å²) in [5.74, 6) is 0.637. The number of hydrogen-bond donors (Lipinski definition) is 2. The number of piperidine rings is 1. The number of rotatable bonds is 6. The lowest BCUT2D eigenvalue weighted by Gasteiger charge is -2.32. The lowest BCUT2D eigenvalue weighted by Crippen LogP contribution is -2.41. The Morgan fingerprint density at radius 3 is 2.86 bits per heavy atom. The molecule has 0 spiro atoms. The molecular weight excluding hydrogens is 380 g/mol. The molecule has 1 atom stereocenters. The van der Waals surface area contributed by atoms with E-state index in [4.69, 9.17) is 22.1 Å². The standard InChI is InChI=1S/C20H23ClN4O3/c1-13-9-16(5-6-17(13)21)28-12-19(26)24-15-4-7-18(23-10-15)25-8-2-3-14(11-25)20(22)27/h4-7,9-10,14H,2-3,8,11-12H2,1H3,(H2,22,27)(H,24,26). The second-order valence-electron chi connectivity index (χ2n) is 6.84. The number of aryl methyl sites for hydroxylation is 1. The Labute approximate surface area is 168 Å². The van der Waals surface area contributed by atoms with Gasteiger partial charge in [-0.25, -0.2) is 4.98 Å². The lowest BCUT2D eigenvalue weighted by atomic mass is 9.97. The van der Waals surface area contributed by atoms with Crippen molar-refractivity contribution in [1.29, 1.82) is 0 Å². The molecule has 1 aliphatic heterocycles. The fourth-order valence-electron chi connectivity index (χ4n) is 3.12. The van der Waals surface area contributed by atoms with Gasteiger partial charge in [-0.1, -0.05) is 11.6 Å². The number of halogens is 1. The van der Waals surface area contributed by atoms with E-state index < -0.39 is 0 Å². The third kappa shape index (κ3) is 5.13. The Morgan fingerprint density at radius 2 is 2.18 bits per heavy atom. The molecule has 0 radical (unpaired) electrons. The Bertz CT molecular complexity index is 857. The summed E-state index contributed by atoms with van der Waals surface area (Å²) in [5.41, 5.74) is 6.88. The number of aromatic nitrogens is 1. The summed E-state index contributed by atoms with van der Waals surface area (Å²) in [6.07, 6.45) is 3.30. The molecule has 0 aliphatic carbocycles. The number of pyridine rings is 1. The summed E-state index contributed by atoms with van der Waals surface area (Å²) in [6, 6.07) is 8.83. The van der Waals surface area contributed by atoms with Crippen molar-refractivity contribution in [3.63, 3.8) is 0 Å². The number of nitrogens with one attached hydrogen (secondary N) is 1. The minimum absolute atomic E-state index is 0.116. The van der Waals surface area contributed by atoms with E-state index in [0.717, 1.165) is 30.8 Å². The van der Waals surface area contributed by atoms with E-state index in [2.05, 4.69) is 10.3 Å². The number of primary amides is 1. The molecule has 2 heterocycles. The van der Waals surface area contributed by atoms with Crippen molar-refractivity contribution in [2.45, 2.75) is 19.8 Å². The Morgan fingerprint density at radius 1 is 1.36 bits per heavy atom. The summed E-state index contributed by atoms with van der Waals surface area (Å²) in [4.78, 5) is 29.9. The summed E-state index contributed by atoms with van der Waals surface area (Å²) < 4.78 is 5.49. The van der Waals surface area contributed by atoms with Gasteiger partial charge in [-0.15, -0.1) is 0 Å². The monoisotopic (exact) mass is 402 g/mol. The minimum Gasteiger partial charge on any atom is -0.484 e. The van der Waals surface area contributed by atoms with Crippen molar-refractivity contribution >= 4 is 34.9 Å². The van der Waals surface area contributed by atoms with Crippen LogP contribution in [0.15, 0.2) is 36.5 Å². The fraction of sp³-hybridized carbons (Fsp3) is 0.350. The molecule has 1 unspecified atom stereocenters. The largest absolute Gasteiger partial charge is 0.484 e. The van der Waals surface area contributed by atoms with Crippen LogP contribution in [-0.4, -0.2) is 36.5 Å². The number of hydrogen-bond acceptors (Lipinski definition) is 5. The number of nitrogens with zero attached hydrogens (tertiary/aromatic N) is 2. The highest BCUT2D eigenvalue weighted by molar-refractivity contribution is 6.31. The Hall–Kier alpha value is -2.80. The molecule has 0 bridgehead atoms. The van der Waals surface area contributed by atoms with Gasteiger partial charge in [-0.3, -0.25) is 9.59 Å². The summed E-state index contributed by atoms with van der Waals surface area (Å²) in [6.45, 7) is 3.16. The van der Waals surface area contributed by atoms with Gasteiger partial charge in [0.2, 0.25) is 5.91 Å². The van der Waals surface area contributed by atoms with Gasteiger partial charge in [0.15, 0.2) is 6.61 Å². The highest BCUT2D eigenvalue weighted by atomic mass is 35.5. The summed E-state index contributed by atoms with van der Waals surface area (Å²) in [7, 11) is 0. The van der Waals surface area contributed by atoms with E-state index in [9.17, 15) is 9.59 Å². The maximum Gasteiger partial charge on any atom is 0.262 e. The van der Waals surface area contributed by atoms with Crippen LogP contribution in [-0.2, 0) is 9.59 Å². The maximum atomic E-state index is 12.1. The van der Waals surface area contributed by atoms with Gasteiger partial charge in [0, 0.05) is 18.1 Å². The van der Waals surface area contributed by atoms with Gasteiger partial charge in [0.1, 0.15) is 11.6 Å². The number of carbonyl (C=O) groups excluding carboxylic acids is 2. The van der Waals surface area contributed by atoms with E-state index in [1.165, 1.54) is 0 Å². The third-order valence-corrected chi connectivity index (χ3v) is 5.10. The quantitative estimate of drug-likeness (QED) is 0.774. The second kappa shape index (κ2) is 8.93. The molecule has 1 aromatic carbocycles. The highest BCUT2D eigenvalue weighted by Gasteiger charge is 2.24. The Balaban J connectivity index is 1.52. The number of ether oxygens (including phenoxy) is 1. The average Bonchev–Trinajstić information content (AvgIpc) is 2.69. The zero-order valence-corrected chi connectivity index (χ0v) is 16.4. The van der Waals surface area contributed by atoms with E-state index in [-0.39, 0.29) is 24.3 Å². The summed E-state index contributed by atoms with van der Waals surface area (Å²) in [5, 5.41) is 3.40. The van der Waals surface area contributed by atoms with Crippen LogP contribution < -0.4 is 20.7 Å². The topological polar surface area (TPSA) is 97.5 Å². The molecule has 7 nitrogen and oxygen atoms in total. The minimum atomic E-state index is -0.283. The molecule has 1 aliphatic rings. The maximum absolute atomic E-state index is 12.1.